The maximum atomic E-state index is 12.4. The summed E-state index contributed by atoms with van der Waals surface area (Å²) in [7, 11) is 0. The first-order chi connectivity index (χ1) is 12.2. The number of nitrogens with zero attached hydrogens (tertiary/aromatic N) is 3. The van der Waals surface area contributed by atoms with Crippen molar-refractivity contribution in [3.8, 4) is 11.4 Å². The van der Waals surface area contributed by atoms with Crippen LogP contribution in [0.5, 0.6) is 0 Å². The Morgan fingerprint density at radius 3 is 3.00 bits per heavy atom. The molecule has 1 amide bonds. The number of aromatic nitrogens is 3. The van der Waals surface area contributed by atoms with Crippen LogP contribution in [-0.2, 0) is 17.8 Å². The normalized spacial score (nSPS) is 13.7. The highest BCUT2D eigenvalue weighted by Gasteiger charge is 2.21. The Morgan fingerprint density at radius 1 is 1.32 bits per heavy atom. The van der Waals surface area contributed by atoms with Crippen LogP contribution < -0.4 is 0 Å². The summed E-state index contributed by atoms with van der Waals surface area (Å²) >= 11 is 9.03. The van der Waals surface area contributed by atoms with Gasteiger partial charge < -0.3 is 4.90 Å². The number of amides is 1. The van der Waals surface area contributed by atoms with Crippen molar-refractivity contribution in [1.29, 1.82) is 0 Å². The molecule has 3 heterocycles. The number of carbonyl (C=O) groups excluding carboxylic acids is 1. The minimum absolute atomic E-state index is 0.125. The van der Waals surface area contributed by atoms with Gasteiger partial charge in [-0.05, 0) is 47.7 Å². The minimum Gasteiger partial charge on any atom is -0.337 e. The lowest BCUT2D eigenvalue weighted by atomic mass is 10.1. The van der Waals surface area contributed by atoms with Crippen molar-refractivity contribution in [3.63, 3.8) is 0 Å². The Hall–Kier alpha value is -1.83. The first kappa shape index (κ1) is 16.6. The van der Waals surface area contributed by atoms with Crippen LogP contribution in [0.4, 0.5) is 0 Å². The van der Waals surface area contributed by atoms with Crippen LogP contribution >= 0.6 is 34.7 Å². The Morgan fingerprint density at radius 2 is 2.16 bits per heavy atom. The molecule has 0 fully saturated rings. The highest BCUT2D eigenvalue weighted by atomic mass is 35.5. The molecule has 1 aliphatic rings. The van der Waals surface area contributed by atoms with Crippen molar-refractivity contribution in [2.75, 3.05) is 12.3 Å². The lowest BCUT2D eigenvalue weighted by Crippen LogP contribution is -2.36. The van der Waals surface area contributed by atoms with Gasteiger partial charge in [0.2, 0.25) is 11.1 Å². The van der Waals surface area contributed by atoms with Gasteiger partial charge in [0, 0.05) is 28.6 Å². The SMILES string of the molecule is O=C(CSc1n[nH]c(-c2ccc(Cl)cc2)n1)N1CCc2sccc2C1. The van der Waals surface area contributed by atoms with Crippen molar-refractivity contribution in [1.82, 2.24) is 20.1 Å². The van der Waals surface area contributed by atoms with E-state index in [-0.39, 0.29) is 5.91 Å². The number of carbonyl (C=O) groups is 1. The molecule has 1 aromatic carbocycles. The standard InChI is InChI=1S/C17H15ClN4OS2/c18-13-3-1-11(2-4-13)16-19-17(21-20-16)25-10-15(23)22-7-5-14-12(9-22)6-8-24-14/h1-4,6,8H,5,7,9-10H2,(H,19,20,21). The monoisotopic (exact) mass is 390 g/mol. The smallest absolute Gasteiger partial charge is 0.233 e. The molecular formula is C17H15ClN4OS2. The Balaban J connectivity index is 1.36. The first-order valence-corrected chi connectivity index (χ1v) is 10.1. The molecular weight excluding hydrogens is 376 g/mol. The third-order valence-electron chi connectivity index (χ3n) is 4.07. The number of thiophene rings is 1. The molecule has 5 nitrogen and oxygen atoms in total. The van der Waals surface area contributed by atoms with Gasteiger partial charge in [0.25, 0.3) is 0 Å². The molecule has 0 spiro atoms. The highest BCUT2D eigenvalue weighted by Crippen LogP contribution is 2.25. The van der Waals surface area contributed by atoms with Gasteiger partial charge in [0.05, 0.1) is 5.75 Å². The molecule has 2 aromatic heterocycles. The van der Waals surface area contributed by atoms with E-state index in [2.05, 4.69) is 26.6 Å². The summed E-state index contributed by atoms with van der Waals surface area (Å²) in [6.07, 6.45) is 0.949. The molecule has 1 N–H and O–H groups in total. The van der Waals surface area contributed by atoms with Crippen molar-refractivity contribution in [2.45, 2.75) is 18.1 Å². The number of thioether (sulfide) groups is 1. The average molecular weight is 391 g/mol. The van der Waals surface area contributed by atoms with E-state index in [0.717, 1.165) is 18.5 Å². The molecule has 128 valence electrons. The third-order valence-corrected chi connectivity index (χ3v) is 6.17. The maximum absolute atomic E-state index is 12.4. The van der Waals surface area contributed by atoms with Crippen LogP contribution in [0.15, 0.2) is 40.9 Å². The van der Waals surface area contributed by atoms with Gasteiger partial charge in [-0.2, -0.15) is 0 Å². The highest BCUT2D eigenvalue weighted by molar-refractivity contribution is 7.99. The predicted octanol–water partition coefficient (Wildman–Crippen LogP) is 3.86. The van der Waals surface area contributed by atoms with Gasteiger partial charge in [-0.15, -0.1) is 16.4 Å². The molecule has 0 radical (unpaired) electrons. The van der Waals surface area contributed by atoms with Crippen LogP contribution in [-0.4, -0.2) is 38.3 Å². The van der Waals surface area contributed by atoms with E-state index in [1.54, 1.807) is 11.3 Å². The van der Waals surface area contributed by atoms with E-state index in [9.17, 15) is 4.79 Å². The van der Waals surface area contributed by atoms with E-state index in [0.29, 0.717) is 28.3 Å². The summed E-state index contributed by atoms with van der Waals surface area (Å²) in [4.78, 5) is 20.2. The van der Waals surface area contributed by atoms with Gasteiger partial charge in [-0.1, -0.05) is 23.4 Å². The molecule has 3 aromatic rings. The van der Waals surface area contributed by atoms with E-state index < -0.39 is 0 Å². The molecule has 0 unspecified atom stereocenters. The number of halogens is 1. The third kappa shape index (κ3) is 3.73. The van der Waals surface area contributed by atoms with Crippen LogP contribution in [0.2, 0.25) is 5.02 Å². The van der Waals surface area contributed by atoms with E-state index in [1.165, 1.54) is 22.2 Å². The molecule has 0 atom stereocenters. The number of fused-ring (bicyclic) bond motifs is 1. The van der Waals surface area contributed by atoms with Gasteiger partial charge in [0.1, 0.15) is 0 Å². The number of benzene rings is 1. The van der Waals surface area contributed by atoms with Crippen molar-refractivity contribution >= 4 is 40.6 Å². The number of nitrogens with one attached hydrogen (secondary N) is 1. The molecule has 4 rings (SSSR count). The number of rotatable bonds is 4. The minimum atomic E-state index is 0.125. The fourth-order valence-electron chi connectivity index (χ4n) is 2.73. The van der Waals surface area contributed by atoms with Gasteiger partial charge in [-0.25, -0.2) is 4.98 Å². The Kier molecular flexibility index (Phi) is 4.78. The molecule has 25 heavy (non-hydrogen) atoms. The summed E-state index contributed by atoms with van der Waals surface area (Å²) in [6.45, 7) is 1.50. The van der Waals surface area contributed by atoms with Crippen molar-refractivity contribution < 1.29 is 4.79 Å². The average Bonchev–Trinajstić information content (AvgIpc) is 3.29. The summed E-state index contributed by atoms with van der Waals surface area (Å²) < 4.78 is 0. The lowest BCUT2D eigenvalue weighted by Gasteiger charge is -2.26. The maximum Gasteiger partial charge on any atom is 0.233 e. The second-order valence-electron chi connectivity index (χ2n) is 5.70. The molecule has 0 saturated carbocycles. The second kappa shape index (κ2) is 7.19. The van der Waals surface area contributed by atoms with Crippen LogP contribution in [0, 0.1) is 0 Å². The molecule has 0 aliphatic carbocycles. The van der Waals surface area contributed by atoms with Crippen LogP contribution in [0.3, 0.4) is 0 Å². The molecule has 0 saturated heterocycles. The number of hydrogen-bond acceptors (Lipinski definition) is 5. The molecule has 1 aliphatic heterocycles. The summed E-state index contributed by atoms with van der Waals surface area (Å²) in [5, 5.41) is 10.4. The number of H-pyrrole nitrogens is 1. The number of hydrogen-bond donors (Lipinski definition) is 1. The number of aromatic amines is 1. The second-order valence-corrected chi connectivity index (χ2v) is 8.08. The topological polar surface area (TPSA) is 61.9 Å². The largest absolute Gasteiger partial charge is 0.337 e. The van der Waals surface area contributed by atoms with E-state index in [4.69, 9.17) is 11.6 Å². The van der Waals surface area contributed by atoms with Crippen molar-refractivity contribution in [2.24, 2.45) is 0 Å². The first-order valence-electron chi connectivity index (χ1n) is 7.83. The fourth-order valence-corrected chi connectivity index (χ4v) is 4.44. The van der Waals surface area contributed by atoms with Gasteiger partial charge in [-0.3, -0.25) is 9.89 Å². The van der Waals surface area contributed by atoms with E-state index in [1.807, 2.05) is 29.2 Å². The molecule has 8 heteroatoms. The fraction of sp³-hybridized carbons (Fsp3) is 0.235. The Labute approximate surface area is 158 Å². The lowest BCUT2D eigenvalue weighted by molar-refractivity contribution is -0.129. The van der Waals surface area contributed by atoms with Gasteiger partial charge in [0.15, 0.2) is 5.82 Å². The van der Waals surface area contributed by atoms with Crippen LogP contribution in [0.1, 0.15) is 10.4 Å². The summed E-state index contributed by atoms with van der Waals surface area (Å²) in [5.41, 5.74) is 2.19. The summed E-state index contributed by atoms with van der Waals surface area (Å²) in [6, 6.07) is 9.50. The predicted molar refractivity (Wildman–Crippen MR) is 101 cm³/mol. The van der Waals surface area contributed by atoms with Gasteiger partial charge >= 0.3 is 0 Å². The van der Waals surface area contributed by atoms with E-state index >= 15 is 0 Å². The van der Waals surface area contributed by atoms with Crippen molar-refractivity contribution in [3.05, 3.63) is 51.2 Å². The summed E-state index contributed by atoms with van der Waals surface area (Å²) in [5.74, 6) is 1.14. The zero-order chi connectivity index (χ0) is 17.2. The molecule has 0 bridgehead atoms. The van der Waals surface area contributed by atoms with Crippen LogP contribution in [0.25, 0.3) is 11.4 Å². The zero-order valence-electron chi connectivity index (χ0n) is 13.2. The Bertz CT molecular complexity index is 890. The zero-order valence-corrected chi connectivity index (χ0v) is 15.6. The quantitative estimate of drug-likeness (QED) is 0.687.